The molecular formula is C15H19NO3. The Morgan fingerprint density at radius 1 is 1.21 bits per heavy atom. The van der Waals surface area contributed by atoms with Gasteiger partial charge in [-0.25, -0.2) is 0 Å². The highest BCUT2D eigenvalue weighted by Gasteiger charge is 2.10. The van der Waals surface area contributed by atoms with E-state index in [4.69, 9.17) is 13.9 Å². The number of methoxy groups -OCH3 is 2. The number of benzene rings is 1. The zero-order valence-corrected chi connectivity index (χ0v) is 11.5. The van der Waals surface area contributed by atoms with Gasteiger partial charge in [-0.05, 0) is 37.3 Å². The van der Waals surface area contributed by atoms with E-state index in [0.29, 0.717) is 6.54 Å². The molecule has 102 valence electrons. The summed E-state index contributed by atoms with van der Waals surface area (Å²) in [4.78, 5) is 0. The van der Waals surface area contributed by atoms with Crippen LogP contribution in [0.2, 0.25) is 0 Å². The smallest absolute Gasteiger partial charge is 0.123 e. The molecule has 2 aromatic rings. The molecule has 2 rings (SSSR count). The van der Waals surface area contributed by atoms with Crippen molar-refractivity contribution < 1.29 is 13.9 Å². The highest BCUT2D eigenvalue weighted by molar-refractivity contribution is 5.40. The van der Waals surface area contributed by atoms with Crippen LogP contribution in [0.3, 0.4) is 0 Å². The van der Waals surface area contributed by atoms with Crippen LogP contribution in [-0.4, -0.2) is 14.2 Å². The Bertz CT molecular complexity index is 508. The maximum absolute atomic E-state index is 5.37. The van der Waals surface area contributed by atoms with Crippen LogP contribution in [0.5, 0.6) is 11.5 Å². The lowest BCUT2D eigenvalue weighted by Crippen LogP contribution is -2.18. The molecule has 0 aliphatic carbocycles. The number of nitrogens with one attached hydrogen (secondary N) is 1. The van der Waals surface area contributed by atoms with Gasteiger partial charge in [0.15, 0.2) is 0 Å². The number of furan rings is 1. The topological polar surface area (TPSA) is 43.6 Å². The normalized spacial score (nSPS) is 12.2. The zero-order chi connectivity index (χ0) is 13.7. The molecule has 0 bridgehead atoms. The summed E-state index contributed by atoms with van der Waals surface area (Å²) in [6.45, 7) is 2.74. The fourth-order valence-corrected chi connectivity index (χ4v) is 1.92. The van der Waals surface area contributed by atoms with Crippen molar-refractivity contribution in [3.05, 3.63) is 47.9 Å². The van der Waals surface area contributed by atoms with E-state index in [0.717, 1.165) is 22.8 Å². The van der Waals surface area contributed by atoms with Gasteiger partial charge in [-0.3, -0.25) is 0 Å². The van der Waals surface area contributed by atoms with E-state index in [9.17, 15) is 0 Å². The van der Waals surface area contributed by atoms with E-state index in [1.54, 1.807) is 20.5 Å². The molecule has 1 heterocycles. The van der Waals surface area contributed by atoms with Crippen LogP contribution in [0.4, 0.5) is 0 Å². The lowest BCUT2D eigenvalue weighted by atomic mass is 10.1. The van der Waals surface area contributed by atoms with E-state index >= 15 is 0 Å². The number of hydrogen-bond acceptors (Lipinski definition) is 4. The van der Waals surface area contributed by atoms with E-state index in [2.05, 4.69) is 12.2 Å². The number of ether oxygens (including phenoxy) is 2. The van der Waals surface area contributed by atoms with Crippen molar-refractivity contribution in [2.24, 2.45) is 0 Å². The van der Waals surface area contributed by atoms with Crippen molar-refractivity contribution >= 4 is 0 Å². The quantitative estimate of drug-likeness (QED) is 0.867. The summed E-state index contributed by atoms with van der Waals surface area (Å²) in [5.41, 5.74) is 1.06. The molecule has 0 aliphatic rings. The number of hydrogen-bond donors (Lipinski definition) is 1. The molecule has 1 atom stereocenters. The molecule has 0 unspecified atom stereocenters. The van der Waals surface area contributed by atoms with Gasteiger partial charge in [-0.1, -0.05) is 0 Å². The van der Waals surface area contributed by atoms with Crippen LogP contribution in [0.15, 0.2) is 41.0 Å². The molecule has 1 aromatic heterocycles. The van der Waals surface area contributed by atoms with Gasteiger partial charge in [0, 0.05) is 12.1 Å². The molecule has 4 heteroatoms. The lowest BCUT2D eigenvalue weighted by molar-refractivity contribution is 0.391. The summed E-state index contributed by atoms with van der Waals surface area (Å²) in [7, 11) is 3.33. The lowest BCUT2D eigenvalue weighted by Gasteiger charge is -2.14. The highest BCUT2D eigenvalue weighted by Crippen LogP contribution is 2.24. The molecule has 0 aliphatic heterocycles. The first-order chi connectivity index (χ1) is 9.24. The third-order valence-electron chi connectivity index (χ3n) is 3.06. The minimum Gasteiger partial charge on any atom is -0.497 e. The average Bonchev–Trinajstić information content (AvgIpc) is 2.98. The molecule has 0 fully saturated rings. The minimum absolute atomic E-state index is 0.144. The van der Waals surface area contributed by atoms with Crippen LogP contribution in [0.1, 0.15) is 24.3 Å². The second-order valence-corrected chi connectivity index (χ2v) is 4.30. The predicted molar refractivity (Wildman–Crippen MR) is 73.5 cm³/mol. The SMILES string of the molecule is COc1ccc(OC)c(CN[C@@H](C)c2ccco2)c1. The summed E-state index contributed by atoms with van der Waals surface area (Å²) in [6.07, 6.45) is 1.68. The molecule has 0 radical (unpaired) electrons. The molecular weight excluding hydrogens is 242 g/mol. The fraction of sp³-hybridized carbons (Fsp3) is 0.333. The predicted octanol–water partition coefficient (Wildman–Crippen LogP) is 3.15. The van der Waals surface area contributed by atoms with Gasteiger partial charge in [0.25, 0.3) is 0 Å². The Hall–Kier alpha value is -1.94. The number of rotatable bonds is 6. The second kappa shape index (κ2) is 6.29. The molecule has 19 heavy (non-hydrogen) atoms. The zero-order valence-electron chi connectivity index (χ0n) is 11.5. The minimum atomic E-state index is 0.144. The maximum atomic E-state index is 5.37. The van der Waals surface area contributed by atoms with Gasteiger partial charge < -0.3 is 19.2 Å². The first kappa shape index (κ1) is 13.5. The summed E-state index contributed by atoms with van der Waals surface area (Å²) in [5, 5.41) is 3.40. The Balaban J connectivity index is 2.05. The fourth-order valence-electron chi connectivity index (χ4n) is 1.92. The van der Waals surface area contributed by atoms with Crippen molar-refractivity contribution in [3.8, 4) is 11.5 Å². The van der Waals surface area contributed by atoms with Crippen molar-refractivity contribution in [1.29, 1.82) is 0 Å². The Labute approximate surface area is 113 Å². The van der Waals surface area contributed by atoms with Gasteiger partial charge in [0.2, 0.25) is 0 Å². The van der Waals surface area contributed by atoms with E-state index < -0.39 is 0 Å². The van der Waals surface area contributed by atoms with E-state index in [1.807, 2.05) is 30.3 Å². The highest BCUT2D eigenvalue weighted by atomic mass is 16.5. The first-order valence-electron chi connectivity index (χ1n) is 6.22. The standard InChI is InChI=1S/C15H19NO3/c1-11(14-5-4-8-19-14)16-10-12-9-13(17-2)6-7-15(12)18-3/h4-9,11,16H,10H2,1-3H3/t11-/m0/s1. The van der Waals surface area contributed by atoms with Gasteiger partial charge in [0.1, 0.15) is 17.3 Å². The summed E-state index contributed by atoms with van der Waals surface area (Å²) in [6, 6.07) is 9.76. The third kappa shape index (κ3) is 3.29. The monoisotopic (exact) mass is 261 g/mol. The summed E-state index contributed by atoms with van der Waals surface area (Å²) < 4.78 is 15.9. The van der Waals surface area contributed by atoms with E-state index in [1.165, 1.54) is 0 Å². The van der Waals surface area contributed by atoms with Crippen LogP contribution in [-0.2, 0) is 6.54 Å². The molecule has 0 saturated carbocycles. The van der Waals surface area contributed by atoms with Crippen LogP contribution in [0.25, 0.3) is 0 Å². The summed E-state index contributed by atoms with van der Waals surface area (Å²) in [5.74, 6) is 2.59. The van der Waals surface area contributed by atoms with Gasteiger partial charge in [-0.2, -0.15) is 0 Å². The van der Waals surface area contributed by atoms with E-state index in [-0.39, 0.29) is 6.04 Å². The van der Waals surface area contributed by atoms with Gasteiger partial charge in [0.05, 0.1) is 26.5 Å². The largest absolute Gasteiger partial charge is 0.497 e. The molecule has 4 nitrogen and oxygen atoms in total. The molecule has 0 spiro atoms. The first-order valence-corrected chi connectivity index (χ1v) is 6.22. The van der Waals surface area contributed by atoms with Crippen LogP contribution in [0, 0.1) is 0 Å². The molecule has 1 N–H and O–H groups in total. The van der Waals surface area contributed by atoms with Gasteiger partial charge >= 0.3 is 0 Å². The van der Waals surface area contributed by atoms with Crippen molar-refractivity contribution in [1.82, 2.24) is 5.32 Å². The molecule has 0 amide bonds. The third-order valence-corrected chi connectivity index (χ3v) is 3.06. The molecule has 0 saturated heterocycles. The Kier molecular flexibility index (Phi) is 4.47. The Morgan fingerprint density at radius 2 is 2.05 bits per heavy atom. The van der Waals surface area contributed by atoms with Crippen molar-refractivity contribution in [2.75, 3.05) is 14.2 Å². The second-order valence-electron chi connectivity index (χ2n) is 4.30. The van der Waals surface area contributed by atoms with Gasteiger partial charge in [-0.15, -0.1) is 0 Å². The summed E-state index contributed by atoms with van der Waals surface area (Å²) >= 11 is 0. The molecule has 1 aromatic carbocycles. The van der Waals surface area contributed by atoms with Crippen molar-refractivity contribution in [3.63, 3.8) is 0 Å². The van der Waals surface area contributed by atoms with Crippen molar-refractivity contribution in [2.45, 2.75) is 19.5 Å². The average molecular weight is 261 g/mol. The van der Waals surface area contributed by atoms with Crippen LogP contribution >= 0.6 is 0 Å². The Morgan fingerprint density at radius 3 is 2.68 bits per heavy atom. The van der Waals surface area contributed by atoms with Crippen LogP contribution < -0.4 is 14.8 Å². The maximum Gasteiger partial charge on any atom is 0.123 e.